The minimum Gasteiger partial charge on any atom is -0.497 e. The second kappa shape index (κ2) is 6.37. The van der Waals surface area contributed by atoms with E-state index in [-0.39, 0.29) is 6.04 Å². The quantitative estimate of drug-likeness (QED) is 0.922. The van der Waals surface area contributed by atoms with Crippen molar-refractivity contribution in [3.8, 4) is 11.5 Å². The van der Waals surface area contributed by atoms with Crippen LogP contribution in [0.15, 0.2) is 18.2 Å². The molecule has 5 nitrogen and oxygen atoms in total. The number of hydrogen-bond donors (Lipinski definition) is 1. The molecule has 0 amide bonds. The van der Waals surface area contributed by atoms with E-state index in [4.69, 9.17) is 26.8 Å². The van der Waals surface area contributed by atoms with Crippen LogP contribution >= 0.6 is 11.6 Å². The van der Waals surface area contributed by atoms with Gasteiger partial charge in [0.1, 0.15) is 23.3 Å². The fraction of sp³-hybridized carbons (Fsp3) is 0.400. The second-order valence-corrected chi connectivity index (χ2v) is 5.32. The first-order chi connectivity index (χ1) is 9.93. The number of benzene rings is 1. The average Bonchev–Trinajstić information content (AvgIpc) is 2.69. The predicted molar refractivity (Wildman–Crippen MR) is 82.9 cm³/mol. The molecular formula is C15H20ClN3O2. The molecule has 0 aliphatic rings. The molecule has 2 aromatic rings. The molecule has 0 saturated carbocycles. The molecule has 0 spiro atoms. The normalized spacial score (nSPS) is 12.3. The van der Waals surface area contributed by atoms with Crippen LogP contribution in [0, 0.1) is 6.92 Å². The Morgan fingerprint density at radius 3 is 2.67 bits per heavy atom. The molecule has 0 fully saturated rings. The third kappa shape index (κ3) is 3.31. The van der Waals surface area contributed by atoms with Crippen LogP contribution in [-0.2, 0) is 13.7 Å². The number of ether oxygens (including phenoxy) is 2. The number of nitrogens with zero attached hydrogens (tertiary/aromatic N) is 2. The fourth-order valence-electron chi connectivity index (χ4n) is 2.13. The number of aromatic nitrogens is 2. The van der Waals surface area contributed by atoms with Gasteiger partial charge < -0.3 is 15.2 Å². The van der Waals surface area contributed by atoms with Crippen LogP contribution in [0.1, 0.15) is 29.8 Å². The zero-order valence-electron chi connectivity index (χ0n) is 12.7. The van der Waals surface area contributed by atoms with Crippen LogP contribution in [0.4, 0.5) is 0 Å². The Kier molecular flexibility index (Phi) is 4.75. The van der Waals surface area contributed by atoms with E-state index < -0.39 is 0 Å². The first kappa shape index (κ1) is 15.7. The van der Waals surface area contributed by atoms with Gasteiger partial charge in [0.05, 0.1) is 12.8 Å². The number of halogens is 1. The molecule has 1 unspecified atom stereocenters. The van der Waals surface area contributed by atoms with Crippen molar-refractivity contribution in [2.45, 2.75) is 26.5 Å². The first-order valence-electron chi connectivity index (χ1n) is 6.68. The number of methoxy groups -OCH3 is 1. The third-order valence-electron chi connectivity index (χ3n) is 3.35. The van der Waals surface area contributed by atoms with Crippen LogP contribution in [0.25, 0.3) is 0 Å². The van der Waals surface area contributed by atoms with Gasteiger partial charge in [-0.3, -0.25) is 4.68 Å². The zero-order valence-corrected chi connectivity index (χ0v) is 13.4. The van der Waals surface area contributed by atoms with Gasteiger partial charge in [0, 0.05) is 30.3 Å². The van der Waals surface area contributed by atoms with Crippen molar-refractivity contribution in [2.75, 3.05) is 7.11 Å². The standard InChI is InChI=1S/C15H20ClN3O2/c1-9(17)12-6-5-11(20-4)7-14(12)21-8-13-10(2)18-19(3)15(13)16/h5-7,9H,8,17H2,1-4H3. The molecule has 2 N–H and O–H groups in total. The maximum atomic E-state index is 6.21. The van der Waals surface area contributed by atoms with E-state index in [9.17, 15) is 0 Å². The summed E-state index contributed by atoms with van der Waals surface area (Å²) in [5, 5.41) is 4.85. The van der Waals surface area contributed by atoms with Crippen LogP contribution in [0.3, 0.4) is 0 Å². The van der Waals surface area contributed by atoms with Gasteiger partial charge in [-0.05, 0) is 19.9 Å². The molecule has 0 radical (unpaired) electrons. The van der Waals surface area contributed by atoms with E-state index in [1.165, 1.54) is 0 Å². The highest BCUT2D eigenvalue weighted by Crippen LogP contribution is 2.30. The van der Waals surface area contributed by atoms with Crippen molar-refractivity contribution < 1.29 is 9.47 Å². The topological polar surface area (TPSA) is 62.3 Å². The van der Waals surface area contributed by atoms with Crippen LogP contribution in [0.2, 0.25) is 5.15 Å². The summed E-state index contributed by atoms with van der Waals surface area (Å²) in [6.07, 6.45) is 0. The molecule has 114 valence electrons. The SMILES string of the molecule is COc1ccc(C(C)N)c(OCc2c(C)nn(C)c2Cl)c1. The Morgan fingerprint density at radius 2 is 2.14 bits per heavy atom. The maximum Gasteiger partial charge on any atom is 0.133 e. The fourth-order valence-corrected chi connectivity index (χ4v) is 2.36. The molecular weight excluding hydrogens is 290 g/mol. The second-order valence-electron chi connectivity index (χ2n) is 4.96. The lowest BCUT2D eigenvalue weighted by atomic mass is 10.1. The van der Waals surface area contributed by atoms with E-state index in [0.717, 1.165) is 22.6 Å². The summed E-state index contributed by atoms with van der Waals surface area (Å²) in [6.45, 7) is 4.16. The van der Waals surface area contributed by atoms with Gasteiger partial charge in [-0.1, -0.05) is 17.7 Å². The molecule has 1 aromatic carbocycles. The van der Waals surface area contributed by atoms with E-state index in [2.05, 4.69) is 5.10 Å². The van der Waals surface area contributed by atoms with Gasteiger partial charge >= 0.3 is 0 Å². The lowest BCUT2D eigenvalue weighted by molar-refractivity contribution is 0.298. The Balaban J connectivity index is 2.26. The van der Waals surface area contributed by atoms with Gasteiger partial charge in [0.15, 0.2) is 0 Å². The molecule has 0 aliphatic heterocycles. The van der Waals surface area contributed by atoms with E-state index in [1.54, 1.807) is 18.8 Å². The molecule has 0 aliphatic carbocycles. The summed E-state index contributed by atoms with van der Waals surface area (Å²) < 4.78 is 12.8. The van der Waals surface area contributed by atoms with Gasteiger partial charge in [0.25, 0.3) is 0 Å². The molecule has 1 atom stereocenters. The van der Waals surface area contributed by atoms with Gasteiger partial charge in [-0.25, -0.2) is 0 Å². The Morgan fingerprint density at radius 1 is 1.43 bits per heavy atom. The van der Waals surface area contributed by atoms with E-state index in [1.807, 2.05) is 32.0 Å². The highest BCUT2D eigenvalue weighted by atomic mass is 35.5. The minimum absolute atomic E-state index is 0.128. The third-order valence-corrected chi connectivity index (χ3v) is 3.83. The summed E-state index contributed by atoms with van der Waals surface area (Å²) in [6, 6.07) is 5.49. The Labute approximate surface area is 129 Å². The van der Waals surface area contributed by atoms with Crippen molar-refractivity contribution in [3.05, 3.63) is 40.2 Å². The number of rotatable bonds is 5. The van der Waals surface area contributed by atoms with Crippen molar-refractivity contribution >= 4 is 11.6 Å². The molecule has 21 heavy (non-hydrogen) atoms. The van der Waals surface area contributed by atoms with Crippen LogP contribution in [0.5, 0.6) is 11.5 Å². The number of hydrogen-bond acceptors (Lipinski definition) is 4. The first-order valence-corrected chi connectivity index (χ1v) is 7.06. The highest BCUT2D eigenvalue weighted by molar-refractivity contribution is 6.30. The summed E-state index contributed by atoms with van der Waals surface area (Å²) >= 11 is 6.21. The van der Waals surface area contributed by atoms with Gasteiger partial charge in [-0.15, -0.1) is 0 Å². The molecule has 0 saturated heterocycles. The van der Waals surface area contributed by atoms with Gasteiger partial charge in [-0.2, -0.15) is 5.10 Å². The number of aryl methyl sites for hydroxylation is 2. The van der Waals surface area contributed by atoms with E-state index >= 15 is 0 Å². The monoisotopic (exact) mass is 309 g/mol. The summed E-state index contributed by atoms with van der Waals surface area (Å²) in [5.41, 5.74) is 8.63. The van der Waals surface area contributed by atoms with E-state index in [0.29, 0.717) is 17.5 Å². The summed E-state index contributed by atoms with van der Waals surface area (Å²) in [7, 11) is 3.42. The van der Waals surface area contributed by atoms with Crippen molar-refractivity contribution in [3.63, 3.8) is 0 Å². The molecule has 0 bridgehead atoms. The smallest absolute Gasteiger partial charge is 0.133 e. The molecule has 6 heteroatoms. The molecule has 1 aromatic heterocycles. The molecule has 1 heterocycles. The maximum absolute atomic E-state index is 6.21. The average molecular weight is 310 g/mol. The molecule has 2 rings (SSSR count). The van der Waals surface area contributed by atoms with Crippen molar-refractivity contribution in [2.24, 2.45) is 12.8 Å². The summed E-state index contributed by atoms with van der Waals surface area (Å²) in [5.74, 6) is 1.42. The largest absolute Gasteiger partial charge is 0.497 e. The van der Waals surface area contributed by atoms with Gasteiger partial charge in [0.2, 0.25) is 0 Å². The zero-order chi connectivity index (χ0) is 15.6. The van der Waals surface area contributed by atoms with Crippen LogP contribution in [-0.4, -0.2) is 16.9 Å². The summed E-state index contributed by atoms with van der Waals surface area (Å²) in [4.78, 5) is 0. The van der Waals surface area contributed by atoms with Crippen molar-refractivity contribution in [1.29, 1.82) is 0 Å². The highest BCUT2D eigenvalue weighted by Gasteiger charge is 2.14. The lowest BCUT2D eigenvalue weighted by Gasteiger charge is -2.15. The Bertz CT molecular complexity index is 638. The number of nitrogens with two attached hydrogens (primary N) is 1. The Hall–Kier alpha value is -1.72. The van der Waals surface area contributed by atoms with Crippen LogP contribution < -0.4 is 15.2 Å². The minimum atomic E-state index is -0.128. The van der Waals surface area contributed by atoms with Crippen molar-refractivity contribution in [1.82, 2.24) is 9.78 Å². The predicted octanol–water partition coefficient (Wildman–Crippen LogP) is 2.99. The lowest BCUT2D eigenvalue weighted by Crippen LogP contribution is -2.08.